The number of benzene rings is 2. The van der Waals surface area contributed by atoms with Gasteiger partial charge in [-0.2, -0.15) is 0 Å². The SMILES string of the molecule is COc1cccc(C=Nc2cccc(Cl)c2)c1O. The van der Waals surface area contributed by atoms with Gasteiger partial charge in [0, 0.05) is 16.8 Å². The molecular formula is C14H12ClNO2. The topological polar surface area (TPSA) is 41.8 Å². The molecule has 2 aromatic rings. The molecule has 2 rings (SSSR count). The summed E-state index contributed by atoms with van der Waals surface area (Å²) in [6.07, 6.45) is 1.57. The van der Waals surface area contributed by atoms with E-state index in [0.717, 1.165) is 5.69 Å². The first-order valence-electron chi connectivity index (χ1n) is 5.36. The number of aromatic hydroxyl groups is 1. The predicted octanol–water partition coefficient (Wildman–Crippen LogP) is 3.80. The van der Waals surface area contributed by atoms with E-state index in [1.54, 1.807) is 36.5 Å². The Kier molecular flexibility index (Phi) is 3.85. The Morgan fingerprint density at radius 2 is 2.00 bits per heavy atom. The fourth-order valence-electron chi connectivity index (χ4n) is 1.51. The van der Waals surface area contributed by atoms with Crippen molar-refractivity contribution in [2.75, 3.05) is 7.11 Å². The number of halogens is 1. The fraction of sp³-hybridized carbons (Fsp3) is 0.0714. The van der Waals surface area contributed by atoms with Crippen LogP contribution in [-0.4, -0.2) is 18.4 Å². The molecule has 0 aromatic heterocycles. The number of methoxy groups -OCH3 is 1. The normalized spacial score (nSPS) is 10.8. The Morgan fingerprint density at radius 1 is 1.22 bits per heavy atom. The molecular weight excluding hydrogens is 250 g/mol. The van der Waals surface area contributed by atoms with E-state index in [1.807, 2.05) is 12.1 Å². The molecule has 0 spiro atoms. The number of phenols is 1. The van der Waals surface area contributed by atoms with Gasteiger partial charge in [-0.3, -0.25) is 4.99 Å². The quantitative estimate of drug-likeness (QED) is 0.854. The maximum Gasteiger partial charge on any atom is 0.166 e. The van der Waals surface area contributed by atoms with Gasteiger partial charge in [0.05, 0.1) is 12.8 Å². The second kappa shape index (κ2) is 5.56. The zero-order valence-electron chi connectivity index (χ0n) is 9.80. The minimum atomic E-state index is 0.0748. The van der Waals surface area contributed by atoms with E-state index in [0.29, 0.717) is 16.3 Å². The summed E-state index contributed by atoms with van der Waals surface area (Å²) in [6, 6.07) is 12.4. The van der Waals surface area contributed by atoms with Gasteiger partial charge in [-0.25, -0.2) is 0 Å². The van der Waals surface area contributed by atoms with Crippen LogP contribution in [0.15, 0.2) is 47.5 Å². The first kappa shape index (κ1) is 12.5. The molecule has 0 amide bonds. The maximum atomic E-state index is 9.88. The summed E-state index contributed by atoms with van der Waals surface area (Å²) >= 11 is 5.86. The zero-order chi connectivity index (χ0) is 13.0. The summed E-state index contributed by atoms with van der Waals surface area (Å²) in [6.45, 7) is 0. The predicted molar refractivity (Wildman–Crippen MR) is 73.4 cm³/mol. The molecule has 18 heavy (non-hydrogen) atoms. The van der Waals surface area contributed by atoms with Gasteiger partial charge >= 0.3 is 0 Å². The highest BCUT2D eigenvalue weighted by molar-refractivity contribution is 6.30. The molecule has 0 aliphatic heterocycles. The number of ether oxygens (including phenoxy) is 1. The van der Waals surface area contributed by atoms with Crippen molar-refractivity contribution in [2.24, 2.45) is 4.99 Å². The molecule has 2 aromatic carbocycles. The molecule has 3 nitrogen and oxygen atoms in total. The van der Waals surface area contributed by atoms with Crippen molar-refractivity contribution in [3.63, 3.8) is 0 Å². The Bertz CT molecular complexity index is 582. The molecule has 92 valence electrons. The molecule has 0 aliphatic rings. The van der Waals surface area contributed by atoms with Gasteiger partial charge in [-0.1, -0.05) is 23.7 Å². The number of para-hydroxylation sites is 1. The zero-order valence-corrected chi connectivity index (χ0v) is 10.6. The van der Waals surface area contributed by atoms with Crippen molar-refractivity contribution in [2.45, 2.75) is 0 Å². The second-order valence-electron chi connectivity index (χ2n) is 3.64. The fourth-order valence-corrected chi connectivity index (χ4v) is 1.69. The van der Waals surface area contributed by atoms with Crippen molar-refractivity contribution in [3.8, 4) is 11.5 Å². The molecule has 0 bridgehead atoms. The molecule has 0 radical (unpaired) electrons. The molecule has 0 unspecified atom stereocenters. The Hall–Kier alpha value is -2.00. The van der Waals surface area contributed by atoms with E-state index in [4.69, 9.17) is 16.3 Å². The number of nitrogens with zero attached hydrogens (tertiary/aromatic N) is 1. The molecule has 0 heterocycles. The highest BCUT2D eigenvalue weighted by Crippen LogP contribution is 2.28. The molecule has 4 heteroatoms. The molecule has 1 N–H and O–H groups in total. The average molecular weight is 262 g/mol. The average Bonchev–Trinajstić information content (AvgIpc) is 2.38. The third-order valence-electron chi connectivity index (χ3n) is 2.41. The van der Waals surface area contributed by atoms with Crippen molar-refractivity contribution in [1.82, 2.24) is 0 Å². The summed E-state index contributed by atoms with van der Waals surface area (Å²) in [5.41, 5.74) is 1.32. The van der Waals surface area contributed by atoms with Crippen LogP contribution in [0.5, 0.6) is 11.5 Å². The van der Waals surface area contributed by atoms with Gasteiger partial charge in [0.1, 0.15) is 0 Å². The Labute approximate surface area is 110 Å². The van der Waals surface area contributed by atoms with E-state index >= 15 is 0 Å². The smallest absolute Gasteiger partial charge is 0.166 e. The van der Waals surface area contributed by atoms with Gasteiger partial charge in [0.25, 0.3) is 0 Å². The molecule has 0 aliphatic carbocycles. The Balaban J connectivity index is 2.29. The van der Waals surface area contributed by atoms with E-state index < -0.39 is 0 Å². The second-order valence-corrected chi connectivity index (χ2v) is 4.07. The van der Waals surface area contributed by atoms with Crippen LogP contribution in [-0.2, 0) is 0 Å². The van der Waals surface area contributed by atoms with Crippen molar-refractivity contribution < 1.29 is 9.84 Å². The molecule has 0 saturated heterocycles. The lowest BCUT2D eigenvalue weighted by Crippen LogP contribution is -1.88. The monoisotopic (exact) mass is 261 g/mol. The number of aliphatic imine (C=N–C) groups is 1. The van der Waals surface area contributed by atoms with Crippen LogP contribution >= 0.6 is 11.6 Å². The van der Waals surface area contributed by atoms with E-state index in [9.17, 15) is 5.11 Å². The largest absolute Gasteiger partial charge is 0.504 e. The standard InChI is InChI=1S/C14H12ClNO2/c1-18-13-7-2-4-10(14(13)17)9-16-12-6-3-5-11(15)8-12/h2-9,17H,1H3. The lowest BCUT2D eigenvalue weighted by atomic mass is 10.2. The third kappa shape index (κ3) is 2.81. The highest BCUT2D eigenvalue weighted by Gasteiger charge is 2.04. The van der Waals surface area contributed by atoms with Crippen molar-refractivity contribution in [1.29, 1.82) is 0 Å². The lowest BCUT2D eigenvalue weighted by molar-refractivity contribution is 0.373. The number of hydrogen-bond donors (Lipinski definition) is 1. The maximum absolute atomic E-state index is 9.88. The highest BCUT2D eigenvalue weighted by atomic mass is 35.5. The summed E-state index contributed by atoms with van der Waals surface area (Å²) in [5.74, 6) is 0.496. The molecule has 0 fully saturated rings. The minimum absolute atomic E-state index is 0.0748. The van der Waals surface area contributed by atoms with Crippen LogP contribution in [0.4, 0.5) is 5.69 Å². The van der Waals surface area contributed by atoms with Crippen LogP contribution in [0.3, 0.4) is 0 Å². The number of phenolic OH excluding ortho intramolecular Hbond substituents is 1. The number of rotatable bonds is 3. The summed E-state index contributed by atoms with van der Waals surface area (Å²) < 4.78 is 5.02. The lowest BCUT2D eigenvalue weighted by Gasteiger charge is -2.04. The summed E-state index contributed by atoms with van der Waals surface area (Å²) in [7, 11) is 1.51. The molecule has 0 atom stereocenters. The van der Waals surface area contributed by atoms with Crippen molar-refractivity contribution >= 4 is 23.5 Å². The van der Waals surface area contributed by atoms with Crippen LogP contribution in [0.25, 0.3) is 0 Å². The van der Waals surface area contributed by atoms with Crippen molar-refractivity contribution in [3.05, 3.63) is 53.1 Å². The van der Waals surface area contributed by atoms with Gasteiger partial charge < -0.3 is 9.84 Å². The minimum Gasteiger partial charge on any atom is -0.504 e. The first-order chi connectivity index (χ1) is 8.70. The molecule has 0 saturated carbocycles. The van der Waals surface area contributed by atoms with Gasteiger partial charge in [0.2, 0.25) is 0 Å². The third-order valence-corrected chi connectivity index (χ3v) is 2.65. The van der Waals surface area contributed by atoms with E-state index in [-0.39, 0.29) is 5.75 Å². The number of hydrogen-bond acceptors (Lipinski definition) is 3. The Morgan fingerprint density at radius 3 is 2.72 bits per heavy atom. The van der Waals surface area contributed by atoms with Gasteiger partial charge in [0.15, 0.2) is 11.5 Å². The van der Waals surface area contributed by atoms with E-state index in [1.165, 1.54) is 7.11 Å². The van der Waals surface area contributed by atoms with Crippen LogP contribution in [0.1, 0.15) is 5.56 Å². The van der Waals surface area contributed by atoms with Crippen LogP contribution in [0, 0.1) is 0 Å². The van der Waals surface area contributed by atoms with Crippen LogP contribution in [0.2, 0.25) is 5.02 Å². The first-order valence-corrected chi connectivity index (χ1v) is 5.74. The van der Waals surface area contributed by atoms with Crippen LogP contribution < -0.4 is 4.74 Å². The summed E-state index contributed by atoms with van der Waals surface area (Å²) in [4.78, 5) is 4.25. The van der Waals surface area contributed by atoms with E-state index in [2.05, 4.69) is 4.99 Å². The van der Waals surface area contributed by atoms with Gasteiger partial charge in [-0.05, 0) is 30.3 Å². The van der Waals surface area contributed by atoms with Gasteiger partial charge in [-0.15, -0.1) is 0 Å². The summed E-state index contributed by atoms with van der Waals surface area (Å²) in [5, 5.41) is 10.5.